The highest BCUT2D eigenvalue weighted by molar-refractivity contribution is 8.78. The summed E-state index contributed by atoms with van der Waals surface area (Å²) in [6.45, 7) is 9.07. The van der Waals surface area contributed by atoms with Gasteiger partial charge in [-0.25, -0.2) is 4.31 Å². The van der Waals surface area contributed by atoms with Crippen LogP contribution in [-0.2, 0) is 0 Å². The van der Waals surface area contributed by atoms with Crippen LogP contribution >= 0.6 is 21.8 Å². The summed E-state index contributed by atoms with van der Waals surface area (Å²) in [6.07, 6.45) is 0. The van der Waals surface area contributed by atoms with E-state index < -0.39 is 0 Å². The predicted octanol–water partition coefficient (Wildman–Crippen LogP) is 2.99. The topological polar surface area (TPSA) is 3.24 Å². The number of hydrogen-bond acceptors (Lipinski definition) is 3. The molecule has 10 heavy (non-hydrogen) atoms. The molecule has 1 unspecified atom stereocenters. The Labute approximate surface area is 71.5 Å². The predicted molar refractivity (Wildman–Crippen MR) is 50.8 cm³/mol. The summed E-state index contributed by atoms with van der Waals surface area (Å²) in [4.78, 5) is 0. The minimum absolute atomic E-state index is 0.693. The van der Waals surface area contributed by atoms with Crippen molar-refractivity contribution in [2.24, 2.45) is 5.92 Å². The van der Waals surface area contributed by atoms with Gasteiger partial charge in [-0.3, -0.25) is 0 Å². The van der Waals surface area contributed by atoms with E-state index in [0.29, 0.717) is 6.04 Å². The van der Waals surface area contributed by atoms with Crippen LogP contribution < -0.4 is 0 Å². The monoisotopic (exact) mass is 177 g/mol. The van der Waals surface area contributed by atoms with Crippen molar-refractivity contribution in [3.05, 3.63) is 0 Å². The van der Waals surface area contributed by atoms with Gasteiger partial charge in [0.15, 0.2) is 0 Å². The van der Waals surface area contributed by atoms with Crippen LogP contribution in [0.15, 0.2) is 0 Å². The second-order valence-corrected chi connectivity index (χ2v) is 5.53. The molecule has 1 aliphatic rings. The lowest BCUT2D eigenvalue weighted by atomic mass is 10.2. The molecule has 0 aliphatic carbocycles. The molecule has 1 aliphatic heterocycles. The Kier molecular flexibility index (Phi) is 2.95. The highest BCUT2D eigenvalue weighted by atomic mass is 33.1. The first kappa shape index (κ1) is 8.75. The maximum absolute atomic E-state index is 2.47. The van der Waals surface area contributed by atoms with Crippen LogP contribution in [0.3, 0.4) is 0 Å². The third kappa shape index (κ3) is 1.63. The molecular weight excluding hydrogens is 162 g/mol. The summed E-state index contributed by atoms with van der Waals surface area (Å²) in [6, 6.07) is 0.693. The fraction of sp³-hybridized carbons (Fsp3) is 1.00. The fourth-order valence-electron chi connectivity index (χ4n) is 0.927. The summed E-state index contributed by atoms with van der Waals surface area (Å²) in [7, 11) is 3.89. The smallest absolute Gasteiger partial charge is 0.0804 e. The Morgan fingerprint density at radius 3 is 1.90 bits per heavy atom. The molecule has 0 aromatic carbocycles. The van der Waals surface area contributed by atoms with E-state index in [1.165, 1.54) is 0 Å². The lowest BCUT2D eigenvalue weighted by molar-refractivity contribution is 0.316. The van der Waals surface area contributed by atoms with E-state index in [2.05, 4.69) is 32.0 Å². The first-order chi connectivity index (χ1) is 4.63. The van der Waals surface area contributed by atoms with Crippen molar-refractivity contribution in [3.63, 3.8) is 0 Å². The summed E-state index contributed by atoms with van der Waals surface area (Å²) in [5, 5.41) is 0.755. The van der Waals surface area contributed by atoms with Crippen LogP contribution in [0.1, 0.15) is 27.7 Å². The summed E-state index contributed by atoms with van der Waals surface area (Å²) in [5.74, 6) is 0.786. The summed E-state index contributed by atoms with van der Waals surface area (Å²) < 4.78 is 2.47. The zero-order valence-corrected chi connectivity index (χ0v) is 8.63. The average Bonchev–Trinajstić information content (AvgIpc) is 1.56. The minimum Gasteiger partial charge on any atom is -0.224 e. The van der Waals surface area contributed by atoms with Gasteiger partial charge in [0, 0.05) is 6.04 Å². The standard InChI is InChI=1S/C7H15NS2/c1-5(2)7-8(6(3)4)10-9-7/h5-7H,1-4H3. The molecule has 1 atom stereocenters. The normalized spacial score (nSPS) is 27.6. The van der Waals surface area contributed by atoms with Gasteiger partial charge in [0.25, 0.3) is 0 Å². The van der Waals surface area contributed by atoms with Gasteiger partial charge in [-0.1, -0.05) is 24.6 Å². The molecule has 0 radical (unpaired) electrons. The molecule has 0 bridgehead atoms. The largest absolute Gasteiger partial charge is 0.224 e. The summed E-state index contributed by atoms with van der Waals surface area (Å²) in [5.41, 5.74) is 0. The molecule has 0 amide bonds. The van der Waals surface area contributed by atoms with Crippen LogP contribution in [0.25, 0.3) is 0 Å². The van der Waals surface area contributed by atoms with E-state index in [4.69, 9.17) is 0 Å². The Balaban J connectivity index is 2.36. The van der Waals surface area contributed by atoms with Gasteiger partial charge in [-0.2, -0.15) is 0 Å². The van der Waals surface area contributed by atoms with Crippen molar-refractivity contribution < 1.29 is 0 Å². The number of nitrogens with zero attached hydrogens (tertiary/aromatic N) is 1. The van der Waals surface area contributed by atoms with Gasteiger partial charge >= 0.3 is 0 Å². The van der Waals surface area contributed by atoms with Gasteiger partial charge in [-0.15, -0.1) is 0 Å². The van der Waals surface area contributed by atoms with Crippen molar-refractivity contribution in [3.8, 4) is 0 Å². The zero-order chi connectivity index (χ0) is 7.72. The molecule has 3 heteroatoms. The maximum atomic E-state index is 2.47. The molecule has 0 saturated carbocycles. The Hall–Kier alpha value is 0.660. The molecular formula is C7H15NS2. The SMILES string of the molecule is CC(C)C1SSN1C(C)C. The van der Waals surface area contributed by atoms with E-state index >= 15 is 0 Å². The third-order valence-corrected chi connectivity index (χ3v) is 4.93. The fourth-order valence-corrected chi connectivity index (χ4v) is 4.13. The minimum atomic E-state index is 0.693. The van der Waals surface area contributed by atoms with Crippen molar-refractivity contribution >= 4 is 21.8 Å². The van der Waals surface area contributed by atoms with E-state index in [0.717, 1.165) is 11.3 Å². The molecule has 1 fully saturated rings. The molecule has 0 aromatic rings. The van der Waals surface area contributed by atoms with Crippen LogP contribution in [0.2, 0.25) is 0 Å². The van der Waals surface area contributed by atoms with Gasteiger partial charge < -0.3 is 0 Å². The lowest BCUT2D eigenvalue weighted by Gasteiger charge is -2.43. The van der Waals surface area contributed by atoms with Crippen LogP contribution in [-0.4, -0.2) is 15.7 Å². The third-order valence-electron chi connectivity index (χ3n) is 1.56. The van der Waals surface area contributed by atoms with E-state index in [1.807, 2.05) is 21.8 Å². The highest BCUT2D eigenvalue weighted by Crippen LogP contribution is 2.50. The molecule has 1 rings (SSSR count). The number of rotatable bonds is 2. The van der Waals surface area contributed by atoms with Crippen molar-refractivity contribution in [1.82, 2.24) is 4.31 Å². The first-order valence-electron chi connectivity index (χ1n) is 3.74. The molecule has 0 aromatic heterocycles. The van der Waals surface area contributed by atoms with E-state index in [9.17, 15) is 0 Å². The quantitative estimate of drug-likeness (QED) is 0.471. The first-order valence-corrected chi connectivity index (χ1v) is 5.91. The van der Waals surface area contributed by atoms with Crippen molar-refractivity contribution in [2.75, 3.05) is 0 Å². The Bertz CT molecular complexity index is 100. The Morgan fingerprint density at radius 1 is 1.20 bits per heavy atom. The molecule has 1 saturated heterocycles. The molecule has 1 nitrogen and oxygen atoms in total. The second kappa shape index (κ2) is 3.37. The van der Waals surface area contributed by atoms with Gasteiger partial charge in [0.2, 0.25) is 0 Å². The van der Waals surface area contributed by atoms with Gasteiger partial charge in [-0.05, 0) is 30.7 Å². The van der Waals surface area contributed by atoms with Crippen LogP contribution in [0.5, 0.6) is 0 Å². The van der Waals surface area contributed by atoms with E-state index in [1.54, 1.807) is 0 Å². The average molecular weight is 177 g/mol. The highest BCUT2D eigenvalue weighted by Gasteiger charge is 2.34. The van der Waals surface area contributed by atoms with E-state index in [-0.39, 0.29) is 0 Å². The second-order valence-electron chi connectivity index (χ2n) is 3.26. The van der Waals surface area contributed by atoms with Crippen LogP contribution in [0, 0.1) is 5.92 Å². The van der Waals surface area contributed by atoms with Gasteiger partial charge in [0.05, 0.1) is 5.37 Å². The van der Waals surface area contributed by atoms with Crippen LogP contribution in [0.4, 0.5) is 0 Å². The molecule has 0 N–H and O–H groups in total. The number of hydrogen-bond donors (Lipinski definition) is 0. The zero-order valence-electron chi connectivity index (χ0n) is 7.00. The van der Waals surface area contributed by atoms with Crippen molar-refractivity contribution in [2.45, 2.75) is 39.1 Å². The molecule has 0 spiro atoms. The molecule has 60 valence electrons. The maximum Gasteiger partial charge on any atom is 0.0804 e. The van der Waals surface area contributed by atoms with Crippen molar-refractivity contribution in [1.29, 1.82) is 0 Å². The lowest BCUT2D eigenvalue weighted by Crippen LogP contribution is -2.41. The van der Waals surface area contributed by atoms with Gasteiger partial charge in [0.1, 0.15) is 0 Å². The summed E-state index contributed by atoms with van der Waals surface area (Å²) >= 11 is 0. The Morgan fingerprint density at radius 2 is 1.80 bits per heavy atom. The molecule has 1 heterocycles.